The van der Waals surface area contributed by atoms with Crippen LogP contribution in [0.3, 0.4) is 0 Å². The number of carbonyl (C=O) groups is 1. The van der Waals surface area contributed by atoms with Crippen LogP contribution < -0.4 is 10.1 Å². The first-order valence-corrected chi connectivity index (χ1v) is 8.76. The number of aryl methyl sites for hydroxylation is 1. The number of fused-ring (bicyclic) bond motifs is 1. The lowest BCUT2D eigenvalue weighted by Crippen LogP contribution is -2.28. The summed E-state index contributed by atoms with van der Waals surface area (Å²) in [6, 6.07) is 0.260. The van der Waals surface area contributed by atoms with Crippen LogP contribution in [0.2, 0.25) is 0 Å². The predicted molar refractivity (Wildman–Crippen MR) is 91.9 cm³/mol. The average Bonchev–Trinajstić information content (AvgIpc) is 2.95. The van der Waals surface area contributed by atoms with Gasteiger partial charge in [0.05, 0.1) is 18.9 Å². The highest BCUT2D eigenvalue weighted by Crippen LogP contribution is 2.31. The minimum atomic E-state index is -0.725. The summed E-state index contributed by atoms with van der Waals surface area (Å²) >= 11 is 0. The fraction of sp³-hybridized carbons (Fsp3) is 0.588. The molecular weight excluding hydrogens is 324 g/mol. The van der Waals surface area contributed by atoms with Crippen molar-refractivity contribution in [3.05, 3.63) is 18.1 Å². The molecule has 0 saturated heterocycles. The van der Waals surface area contributed by atoms with E-state index < -0.39 is 6.16 Å². The van der Waals surface area contributed by atoms with Crippen LogP contribution in [0.25, 0.3) is 5.52 Å². The van der Waals surface area contributed by atoms with Gasteiger partial charge in [0.15, 0.2) is 11.6 Å². The molecule has 136 valence electrons. The standard InChI is InChI=1S/C17H24N4O4/c1-3-13-14(25-17(23)24-4-2)9-21-15(13)16(18-10-19-21)20-11-5-7-12(22)8-6-11/h9-12,22H,3-8H2,1-2H3,(H,18,19,20). The molecule has 0 amide bonds. The highest BCUT2D eigenvalue weighted by atomic mass is 16.7. The molecule has 2 heterocycles. The molecule has 8 heteroatoms. The van der Waals surface area contributed by atoms with Crippen molar-refractivity contribution in [2.45, 2.75) is 58.1 Å². The van der Waals surface area contributed by atoms with Gasteiger partial charge in [-0.25, -0.2) is 14.3 Å². The number of hydrogen-bond acceptors (Lipinski definition) is 7. The minimum absolute atomic E-state index is 0.201. The Bertz CT molecular complexity index is 738. The Labute approximate surface area is 146 Å². The summed E-state index contributed by atoms with van der Waals surface area (Å²) < 4.78 is 11.8. The first-order chi connectivity index (χ1) is 12.1. The summed E-state index contributed by atoms with van der Waals surface area (Å²) in [5.74, 6) is 1.15. The molecule has 0 aromatic carbocycles. The van der Waals surface area contributed by atoms with Crippen molar-refractivity contribution < 1.29 is 19.4 Å². The molecule has 3 rings (SSSR count). The van der Waals surface area contributed by atoms with Crippen LogP contribution in [0.15, 0.2) is 12.5 Å². The van der Waals surface area contributed by atoms with Crippen molar-refractivity contribution in [2.75, 3.05) is 11.9 Å². The first-order valence-electron chi connectivity index (χ1n) is 8.76. The number of hydrogen-bond donors (Lipinski definition) is 2. The number of nitrogens with zero attached hydrogens (tertiary/aromatic N) is 3. The molecule has 2 aromatic rings. The zero-order valence-corrected chi connectivity index (χ0v) is 14.6. The summed E-state index contributed by atoms with van der Waals surface area (Å²) in [6.07, 6.45) is 6.25. The summed E-state index contributed by atoms with van der Waals surface area (Å²) in [6.45, 7) is 3.97. The monoisotopic (exact) mass is 348 g/mol. The fourth-order valence-electron chi connectivity index (χ4n) is 3.24. The topological polar surface area (TPSA) is 98.0 Å². The van der Waals surface area contributed by atoms with E-state index in [4.69, 9.17) is 9.47 Å². The first kappa shape index (κ1) is 17.5. The number of anilines is 1. The Kier molecular flexibility index (Phi) is 5.37. The molecule has 0 aliphatic heterocycles. The van der Waals surface area contributed by atoms with Crippen LogP contribution in [0.1, 0.15) is 45.1 Å². The third kappa shape index (κ3) is 3.84. The minimum Gasteiger partial charge on any atom is -0.434 e. The third-order valence-corrected chi connectivity index (χ3v) is 4.49. The lowest BCUT2D eigenvalue weighted by Gasteiger charge is -2.26. The molecule has 1 fully saturated rings. The van der Waals surface area contributed by atoms with Crippen molar-refractivity contribution >= 4 is 17.5 Å². The Morgan fingerprint density at radius 3 is 2.80 bits per heavy atom. The lowest BCUT2D eigenvalue weighted by molar-refractivity contribution is 0.104. The number of ether oxygens (including phenoxy) is 2. The predicted octanol–water partition coefficient (Wildman–Crippen LogP) is 2.54. The highest BCUT2D eigenvalue weighted by molar-refractivity contribution is 5.77. The molecule has 2 aromatic heterocycles. The molecule has 8 nitrogen and oxygen atoms in total. The lowest BCUT2D eigenvalue weighted by atomic mass is 9.93. The molecule has 0 atom stereocenters. The third-order valence-electron chi connectivity index (χ3n) is 4.49. The van der Waals surface area contributed by atoms with Gasteiger partial charge in [-0.1, -0.05) is 6.92 Å². The van der Waals surface area contributed by atoms with E-state index in [0.29, 0.717) is 18.0 Å². The second-order valence-corrected chi connectivity index (χ2v) is 6.16. The number of nitrogens with one attached hydrogen (secondary N) is 1. The summed E-state index contributed by atoms with van der Waals surface area (Å²) in [7, 11) is 0. The van der Waals surface area contributed by atoms with Gasteiger partial charge in [0.25, 0.3) is 0 Å². The molecule has 1 saturated carbocycles. The van der Waals surface area contributed by atoms with Gasteiger partial charge in [-0.15, -0.1) is 0 Å². The summed E-state index contributed by atoms with van der Waals surface area (Å²) in [5.41, 5.74) is 1.66. The molecule has 25 heavy (non-hydrogen) atoms. The fourth-order valence-corrected chi connectivity index (χ4v) is 3.24. The van der Waals surface area contributed by atoms with E-state index in [1.54, 1.807) is 17.6 Å². The van der Waals surface area contributed by atoms with E-state index in [0.717, 1.165) is 36.8 Å². The Morgan fingerprint density at radius 1 is 1.36 bits per heavy atom. The van der Waals surface area contributed by atoms with Crippen molar-refractivity contribution in [1.82, 2.24) is 14.6 Å². The van der Waals surface area contributed by atoms with Crippen LogP contribution in [0, 0.1) is 0 Å². The average molecular weight is 348 g/mol. The SMILES string of the molecule is CCOC(=O)Oc1cn2ncnc(NC3CCC(O)CC3)c2c1CC. The zero-order valence-electron chi connectivity index (χ0n) is 14.6. The summed E-state index contributed by atoms with van der Waals surface area (Å²) in [5, 5.41) is 17.3. The normalized spacial score (nSPS) is 20.4. The van der Waals surface area contributed by atoms with Crippen LogP contribution in [0.5, 0.6) is 5.75 Å². The van der Waals surface area contributed by atoms with Crippen molar-refractivity contribution in [3.8, 4) is 5.75 Å². The maximum atomic E-state index is 11.7. The number of carbonyl (C=O) groups excluding carboxylic acids is 1. The maximum Gasteiger partial charge on any atom is 0.513 e. The van der Waals surface area contributed by atoms with Crippen molar-refractivity contribution in [3.63, 3.8) is 0 Å². The van der Waals surface area contributed by atoms with Gasteiger partial charge in [0, 0.05) is 11.6 Å². The van der Waals surface area contributed by atoms with Gasteiger partial charge in [0.1, 0.15) is 11.8 Å². The van der Waals surface area contributed by atoms with E-state index in [9.17, 15) is 9.90 Å². The smallest absolute Gasteiger partial charge is 0.434 e. The number of aromatic nitrogens is 3. The molecule has 0 radical (unpaired) electrons. The Morgan fingerprint density at radius 2 is 2.12 bits per heavy atom. The second kappa shape index (κ2) is 7.69. The van der Waals surface area contributed by atoms with Gasteiger partial charge >= 0.3 is 6.16 Å². The molecule has 1 aliphatic rings. The highest BCUT2D eigenvalue weighted by Gasteiger charge is 2.23. The van der Waals surface area contributed by atoms with Crippen molar-refractivity contribution in [2.24, 2.45) is 0 Å². The largest absolute Gasteiger partial charge is 0.513 e. The van der Waals surface area contributed by atoms with Crippen LogP contribution in [-0.4, -0.2) is 44.6 Å². The van der Waals surface area contributed by atoms with E-state index in [2.05, 4.69) is 15.4 Å². The van der Waals surface area contributed by atoms with Crippen LogP contribution in [0.4, 0.5) is 10.6 Å². The van der Waals surface area contributed by atoms with Crippen LogP contribution in [-0.2, 0) is 11.2 Å². The number of aliphatic hydroxyl groups excluding tert-OH is 1. The number of aliphatic hydroxyl groups is 1. The Balaban J connectivity index is 1.88. The second-order valence-electron chi connectivity index (χ2n) is 6.16. The Hall–Kier alpha value is -2.35. The van der Waals surface area contributed by atoms with E-state index in [-0.39, 0.29) is 18.8 Å². The molecule has 0 unspecified atom stereocenters. The van der Waals surface area contributed by atoms with Gasteiger partial charge < -0.3 is 19.9 Å². The van der Waals surface area contributed by atoms with E-state index >= 15 is 0 Å². The van der Waals surface area contributed by atoms with Gasteiger partial charge in [-0.3, -0.25) is 0 Å². The van der Waals surface area contributed by atoms with Gasteiger partial charge in [0.2, 0.25) is 0 Å². The van der Waals surface area contributed by atoms with E-state index in [1.807, 2.05) is 6.92 Å². The maximum absolute atomic E-state index is 11.7. The molecular formula is C17H24N4O4. The zero-order chi connectivity index (χ0) is 17.8. The molecule has 2 N–H and O–H groups in total. The van der Waals surface area contributed by atoms with E-state index in [1.165, 1.54) is 6.33 Å². The van der Waals surface area contributed by atoms with Gasteiger partial charge in [-0.05, 0) is 39.0 Å². The molecule has 1 aliphatic carbocycles. The molecule has 0 spiro atoms. The van der Waals surface area contributed by atoms with Crippen LogP contribution >= 0.6 is 0 Å². The van der Waals surface area contributed by atoms with Gasteiger partial charge in [-0.2, -0.15) is 5.10 Å². The quantitative estimate of drug-likeness (QED) is 0.801. The molecule has 0 bridgehead atoms. The van der Waals surface area contributed by atoms with Crippen molar-refractivity contribution in [1.29, 1.82) is 0 Å². The number of rotatable bonds is 5. The summed E-state index contributed by atoms with van der Waals surface area (Å²) in [4.78, 5) is 16.0.